The first-order valence-electron chi connectivity index (χ1n) is 7.33. The summed E-state index contributed by atoms with van der Waals surface area (Å²) in [5.41, 5.74) is 0.940. The molecule has 4 nitrogen and oxygen atoms in total. The zero-order valence-electron chi connectivity index (χ0n) is 12.7. The number of sulfone groups is 1. The topological polar surface area (TPSA) is 63.6 Å². The third-order valence-electron chi connectivity index (χ3n) is 3.09. The number of rotatable bonds is 8. The lowest BCUT2D eigenvalue weighted by Crippen LogP contribution is -2.28. The van der Waals surface area contributed by atoms with Crippen LogP contribution in [0.15, 0.2) is 66.7 Å². The van der Waals surface area contributed by atoms with Crippen LogP contribution in [0.25, 0.3) is 6.08 Å². The first-order chi connectivity index (χ1) is 11.1. The van der Waals surface area contributed by atoms with Crippen molar-refractivity contribution in [3.05, 3.63) is 72.3 Å². The summed E-state index contributed by atoms with van der Waals surface area (Å²) in [4.78, 5) is 0. The van der Waals surface area contributed by atoms with Crippen molar-refractivity contribution in [1.82, 2.24) is 0 Å². The van der Waals surface area contributed by atoms with E-state index in [1.165, 1.54) is 0 Å². The first kappa shape index (κ1) is 17.2. The second-order valence-electron chi connectivity index (χ2n) is 5.17. The molecule has 0 aromatic heterocycles. The summed E-state index contributed by atoms with van der Waals surface area (Å²) in [7, 11) is -3.37. The molecule has 0 aliphatic heterocycles. The summed E-state index contributed by atoms with van der Waals surface area (Å²) in [6.07, 6.45) is 2.30. The zero-order valence-corrected chi connectivity index (χ0v) is 13.5. The summed E-state index contributed by atoms with van der Waals surface area (Å²) in [5.74, 6) is 0.177. The smallest absolute Gasteiger partial charge is 0.156 e. The predicted octanol–water partition coefficient (Wildman–Crippen LogP) is 2.55. The minimum absolute atomic E-state index is 0.0500. The second-order valence-corrected chi connectivity index (χ2v) is 7.32. The second kappa shape index (κ2) is 8.50. The van der Waals surface area contributed by atoms with Crippen LogP contribution in [0.2, 0.25) is 0 Å². The molecule has 0 aliphatic carbocycles. The van der Waals surface area contributed by atoms with Crippen molar-refractivity contribution in [2.75, 3.05) is 18.1 Å². The molecule has 5 heteroatoms. The average molecular weight is 332 g/mol. The van der Waals surface area contributed by atoms with E-state index < -0.39 is 15.9 Å². The molecule has 2 aromatic rings. The van der Waals surface area contributed by atoms with E-state index in [1.807, 2.05) is 48.5 Å². The first-order valence-corrected chi connectivity index (χ1v) is 9.15. The summed E-state index contributed by atoms with van der Waals surface area (Å²) in [5, 5.41) is 9.83. The molecule has 2 aromatic carbocycles. The van der Waals surface area contributed by atoms with Gasteiger partial charge in [-0.25, -0.2) is 8.42 Å². The van der Waals surface area contributed by atoms with Crippen molar-refractivity contribution in [3.63, 3.8) is 0 Å². The monoisotopic (exact) mass is 332 g/mol. The van der Waals surface area contributed by atoms with E-state index in [0.29, 0.717) is 5.75 Å². The number of ether oxygens (including phenoxy) is 1. The molecular formula is C18H20O4S. The maximum atomic E-state index is 12.0. The van der Waals surface area contributed by atoms with Crippen LogP contribution in [-0.2, 0) is 9.84 Å². The molecule has 0 aliphatic rings. The fourth-order valence-corrected chi connectivity index (χ4v) is 3.22. The van der Waals surface area contributed by atoms with Gasteiger partial charge in [0.15, 0.2) is 9.84 Å². The van der Waals surface area contributed by atoms with Gasteiger partial charge in [-0.05, 0) is 17.7 Å². The number of hydrogen-bond donors (Lipinski definition) is 1. The van der Waals surface area contributed by atoms with E-state index in [-0.39, 0.29) is 18.1 Å². The maximum absolute atomic E-state index is 12.0. The van der Waals surface area contributed by atoms with Crippen LogP contribution in [0.1, 0.15) is 5.56 Å². The van der Waals surface area contributed by atoms with Gasteiger partial charge in [0.25, 0.3) is 0 Å². The van der Waals surface area contributed by atoms with E-state index >= 15 is 0 Å². The number of para-hydroxylation sites is 1. The minimum atomic E-state index is -3.37. The Bertz CT molecular complexity index is 709. The molecule has 0 spiro atoms. The molecule has 0 radical (unpaired) electrons. The molecule has 0 amide bonds. The Morgan fingerprint density at radius 2 is 1.61 bits per heavy atom. The number of hydrogen-bond acceptors (Lipinski definition) is 4. The van der Waals surface area contributed by atoms with Crippen LogP contribution in [0.4, 0.5) is 0 Å². The standard InChI is InChI=1S/C18H20O4S/c19-17(14-22-18-11-5-2-6-12-18)15-23(20,21)13-7-10-16-8-3-1-4-9-16/h1-12,17,19H,13-15H2. The molecule has 0 bridgehead atoms. The van der Waals surface area contributed by atoms with Gasteiger partial charge in [-0.3, -0.25) is 0 Å². The normalized spacial score (nSPS) is 13.1. The Hall–Kier alpha value is -2.11. The van der Waals surface area contributed by atoms with Crippen molar-refractivity contribution in [2.24, 2.45) is 0 Å². The molecule has 2 rings (SSSR count). The molecular weight excluding hydrogens is 312 g/mol. The summed E-state index contributed by atoms with van der Waals surface area (Å²) >= 11 is 0. The Labute approximate surface area is 137 Å². The molecule has 0 heterocycles. The van der Waals surface area contributed by atoms with Gasteiger partial charge in [-0.2, -0.15) is 0 Å². The number of aliphatic hydroxyl groups excluding tert-OH is 1. The molecule has 122 valence electrons. The van der Waals surface area contributed by atoms with E-state index in [4.69, 9.17) is 4.74 Å². The SMILES string of the molecule is O=S(=O)(CC=Cc1ccccc1)CC(O)COc1ccccc1. The van der Waals surface area contributed by atoms with Gasteiger partial charge in [0.1, 0.15) is 18.5 Å². The van der Waals surface area contributed by atoms with Crippen molar-refractivity contribution in [2.45, 2.75) is 6.10 Å². The lowest BCUT2D eigenvalue weighted by molar-refractivity contribution is 0.125. The van der Waals surface area contributed by atoms with Gasteiger partial charge >= 0.3 is 0 Å². The van der Waals surface area contributed by atoms with Gasteiger partial charge in [-0.15, -0.1) is 0 Å². The van der Waals surface area contributed by atoms with E-state index in [0.717, 1.165) is 5.56 Å². The van der Waals surface area contributed by atoms with Gasteiger partial charge in [0.05, 0.1) is 11.5 Å². The van der Waals surface area contributed by atoms with Crippen LogP contribution in [0.5, 0.6) is 5.75 Å². The van der Waals surface area contributed by atoms with E-state index in [2.05, 4.69) is 0 Å². The molecule has 0 fully saturated rings. The molecule has 0 saturated carbocycles. The molecule has 0 saturated heterocycles. The summed E-state index contributed by atoms with van der Waals surface area (Å²) in [6.45, 7) is -0.0500. The fourth-order valence-electron chi connectivity index (χ4n) is 2.01. The Balaban J connectivity index is 1.79. The van der Waals surface area contributed by atoms with Crippen molar-refractivity contribution >= 4 is 15.9 Å². The average Bonchev–Trinajstić information content (AvgIpc) is 2.54. The van der Waals surface area contributed by atoms with Crippen LogP contribution >= 0.6 is 0 Å². The summed E-state index contributed by atoms with van der Waals surface area (Å²) in [6, 6.07) is 18.5. The lowest BCUT2D eigenvalue weighted by Gasteiger charge is -2.12. The summed E-state index contributed by atoms with van der Waals surface area (Å²) < 4.78 is 29.3. The zero-order chi connectivity index (χ0) is 16.5. The van der Waals surface area contributed by atoms with Gasteiger partial charge in [0.2, 0.25) is 0 Å². The maximum Gasteiger partial charge on any atom is 0.156 e. The van der Waals surface area contributed by atoms with Crippen LogP contribution < -0.4 is 4.74 Å². The molecule has 1 N–H and O–H groups in total. The largest absolute Gasteiger partial charge is 0.491 e. The number of benzene rings is 2. The van der Waals surface area contributed by atoms with Gasteiger partial charge in [-0.1, -0.05) is 60.7 Å². The highest BCUT2D eigenvalue weighted by Gasteiger charge is 2.16. The van der Waals surface area contributed by atoms with Crippen molar-refractivity contribution in [1.29, 1.82) is 0 Å². The Kier molecular flexibility index (Phi) is 6.38. The Morgan fingerprint density at radius 3 is 2.26 bits per heavy atom. The van der Waals surface area contributed by atoms with Crippen molar-refractivity contribution in [3.8, 4) is 5.75 Å². The van der Waals surface area contributed by atoms with Crippen molar-refractivity contribution < 1.29 is 18.3 Å². The van der Waals surface area contributed by atoms with Gasteiger partial charge in [0, 0.05) is 0 Å². The highest BCUT2D eigenvalue weighted by atomic mass is 32.2. The van der Waals surface area contributed by atoms with E-state index in [1.54, 1.807) is 24.3 Å². The minimum Gasteiger partial charge on any atom is -0.491 e. The van der Waals surface area contributed by atoms with Crippen LogP contribution in [0.3, 0.4) is 0 Å². The molecule has 1 atom stereocenters. The Morgan fingerprint density at radius 1 is 1.00 bits per heavy atom. The highest BCUT2D eigenvalue weighted by molar-refractivity contribution is 7.91. The molecule has 1 unspecified atom stereocenters. The fraction of sp³-hybridized carbons (Fsp3) is 0.222. The third kappa shape index (κ3) is 6.67. The third-order valence-corrected chi connectivity index (χ3v) is 4.68. The van der Waals surface area contributed by atoms with Gasteiger partial charge < -0.3 is 9.84 Å². The highest BCUT2D eigenvalue weighted by Crippen LogP contribution is 2.09. The lowest BCUT2D eigenvalue weighted by atomic mass is 10.2. The predicted molar refractivity (Wildman–Crippen MR) is 92.1 cm³/mol. The quantitative estimate of drug-likeness (QED) is 0.807. The number of aliphatic hydroxyl groups is 1. The van der Waals surface area contributed by atoms with Crippen LogP contribution in [0, 0.1) is 0 Å². The molecule has 23 heavy (non-hydrogen) atoms. The van der Waals surface area contributed by atoms with Crippen LogP contribution in [-0.4, -0.2) is 37.7 Å². The van der Waals surface area contributed by atoms with E-state index in [9.17, 15) is 13.5 Å².